The van der Waals surface area contributed by atoms with E-state index in [2.05, 4.69) is 25.5 Å². The Morgan fingerprint density at radius 3 is 2.44 bits per heavy atom. The first kappa shape index (κ1) is 19.8. The summed E-state index contributed by atoms with van der Waals surface area (Å²) in [6, 6.07) is 12.3. The van der Waals surface area contributed by atoms with E-state index in [0.717, 1.165) is 10.5 Å². The van der Waals surface area contributed by atoms with E-state index in [9.17, 15) is 13.2 Å². The highest BCUT2D eigenvalue weighted by molar-refractivity contribution is 8.00. The molecule has 2 aromatic carbocycles. The van der Waals surface area contributed by atoms with Crippen molar-refractivity contribution in [2.45, 2.75) is 48.7 Å². The fraction of sp³-hybridized carbons (Fsp3) is 0.350. The summed E-state index contributed by atoms with van der Waals surface area (Å²) < 4.78 is 28.3. The van der Waals surface area contributed by atoms with Gasteiger partial charge in [-0.15, -0.1) is 11.8 Å². The van der Waals surface area contributed by atoms with Crippen LogP contribution in [0.1, 0.15) is 39.2 Å². The largest absolute Gasteiger partial charge is 0.310 e. The molecule has 1 atom stereocenters. The van der Waals surface area contributed by atoms with Gasteiger partial charge in [-0.05, 0) is 41.8 Å². The maximum atomic E-state index is 12.8. The molecule has 0 saturated carbocycles. The average Bonchev–Trinajstić information content (AvgIpc) is 2.60. The van der Waals surface area contributed by atoms with E-state index >= 15 is 0 Å². The number of anilines is 2. The van der Waals surface area contributed by atoms with Crippen LogP contribution in [0.4, 0.5) is 11.4 Å². The summed E-state index contributed by atoms with van der Waals surface area (Å²) >= 11 is 1.65. The van der Waals surface area contributed by atoms with Gasteiger partial charge in [0.2, 0.25) is 5.91 Å². The van der Waals surface area contributed by atoms with E-state index in [1.807, 2.05) is 12.1 Å². The molecule has 0 bridgehead atoms. The van der Waals surface area contributed by atoms with Crippen molar-refractivity contribution >= 4 is 39.1 Å². The zero-order chi connectivity index (χ0) is 19.8. The minimum absolute atomic E-state index is 0.0878. The maximum Gasteiger partial charge on any atom is 0.261 e. The molecule has 144 valence electrons. The summed E-state index contributed by atoms with van der Waals surface area (Å²) in [4.78, 5) is 14.7. The summed E-state index contributed by atoms with van der Waals surface area (Å²) in [7, 11) is -3.74. The molecular weight excluding hydrogens is 380 g/mol. The van der Waals surface area contributed by atoms with Crippen molar-refractivity contribution in [1.29, 1.82) is 0 Å². The summed E-state index contributed by atoms with van der Waals surface area (Å²) in [6.07, 6.45) is 0. The molecule has 27 heavy (non-hydrogen) atoms. The fourth-order valence-corrected chi connectivity index (χ4v) is 5.20. The Balaban J connectivity index is 1.91. The third-order valence-electron chi connectivity index (χ3n) is 4.51. The van der Waals surface area contributed by atoms with Crippen LogP contribution in [0.25, 0.3) is 0 Å². The lowest BCUT2D eigenvalue weighted by Crippen LogP contribution is -2.37. The first-order chi connectivity index (χ1) is 12.7. The van der Waals surface area contributed by atoms with Crippen LogP contribution in [-0.4, -0.2) is 26.1 Å². The van der Waals surface area contributed by atoms with Crippen LogP contribution in [0, 0.1) is 0 Å². The first-order valence-electron chi connectivity index (χ1n) is 8.89. The van der Waals surface area contributed by atoms with Gasteiger partial charge in [-0.1, -0.05) is 32.9 Å². The summed E-state index contributed by atoms with van der Waals surface area (Å²) in [5.41, 5.74) is 2.32. The van der Waals surface area contributed by atoms with Crippen molar-refractivity contribution in [2.75, 3.05) is 16.2 Å². The normalized spacial score (nSPS) is 16.9. The third kappa shape index (κ3) is 4.30. The predicted molar refractivity (Wildman–Crippen MR) is 111 cm³/mol. The molecule has 1 heterocycles. The standard InChI is InChI=1S/C20H24N2O3S2/c1-13(2)16-5-7-17(8-6-16)21-27(24,25)18-9-10-20-19(11-18)22(15(4)23)12-14(3)26-20/h5-11,13-14,21H,12H2,1-4H3/t14-/m0/s1. The number of benzene rings is 2. The number of sulfonamides is 1. The summed E-state index contributed by atoms with van der Waals surface area (Å²) in [6.45, 7) is 8.30. The zero-order valence-corrected chi connectivity index (χ0v) is 17.5. The molecule has 0 unspecified atom stereocenters. The first-order valence-corrected chi connectivity index (χ1v) is 11.3. The number of rotatable bonds is 4. The monoisotopic (exact) mass is 404 g/mol. The van der Waals surface area contributed by atoms with E-state index in [0.29, 0.717) is 23.8 Å². The van der Waals surface area contributed by atoms with E-state index in [1.165, 1.54) is 6.92 Å². The van der Waals surface area contributed by atoms with Gasteiger partial charge >= 0.3 is 0 Å². The molecule has 0 spiro atoms. The number of amides is 1. The number of carbonyl (C=O) groups is 1. The lowest BCUT2D eigenvalue weighted by molar-refractivity contribution is -0.116. The van der Waals surface area contributed by atoms with Crippen LogP contribution in [0.15, 0.2) is 52.3 Å². The Bertz CT molecular complexity index is 954. The number of nitrogens with one attached hydrogen (secondary N) is 1. The number of carbonyl (C=O) groups excluding carboxylic acids is 1. The molecule has 1 aliphatic heterocycles. The second-order valence-electron chi connectivity index (χ2n) is 7.07. The number of nitrogens with zero attached hydrogens (tertiary/aromatic N) is 1. The molecule has 1 N–H and O–H groups in total. The molecule has 0 aromatic heterocycles. The second kappa shape index (κ2) is 7.56. The zero-order valence-electron chi connectivity index (χ0n) is 15.9. The van der Waals surface area contributed by atoms with E-state index < -0.39 is 10.0 Å². The molecule has 3 rings (SSSR count). The Morgan fingerprint density at radius 1 is 1.19 bits per heavy atom. The van der Waals surface area contributed by atoms with Crippen LogP contribution >= 0.6 is 11.8 Å². The second-order valence-corrected chi connectivity index (χ2v) is 10.2. The summed E-state index contributed by atoms with van der Waals surface area (Å²) in [5, 5.41) is 0.265. The molecule has 1 amide bonds. The average molecular weight is 405 g/mol. The Labute approximate surface area is 165 Å². The van der Waals surface area contributed by atoms with Crippen LogP contribution in [0.5, 0.6) is 0 Å². The number of hydrogen-bond acceptors (Lipinski definition) is 4. The molecule has 2 aromatic rings. The van der Waals surface area contributed by atoms with E-state index in [1.54, 1.807) is 47.0 Å². The molecular formula is C20H24N2O3S2. The molecule has 0 aliphatic carbocycles. The Morgan fingerprint density at radius 2 is 1.85 bits per heavy atom. The quantitative estimate of drug-likeness (QED) is 0.817. The number of hydrogen-bond donors (Lipinski definition) is 1. The molecule has 0 saturated heterocycles. The van der Waals surface area contributed by atoms with Crippen molar-refractivity contribution in [3.05, 3.63) is 48.0 Å². The molecule has 7 heteroatoms. The van der Waals surface area contributed by atoms with Gasteiger partial charge in [-0.3, -0.25) is 9.52 Å². The van der Waals surface area contributed by atoms with Crippen molar-refractivity contribution in [3.63, 3.8) is 0 Å². The van der Waals surface area contributed by atoms with Crippen molar-refractivity contribution in [2.24, 2.45) is 0 Å². The summed E-state index contributed by atoms with van der Waals surface area (Å²) in [5.74, 6) is 0.295. The SMILES string of the molecule is CC(=O)N1C[C@H](C)Sc2ccc(S(=O)(=O)Nc3ccc(C(C)C)cc3)cc21. The van der Waals surface area contributed by atoms with Gasteiger partial charge in [0.1, 0.15) is 0 Å². The highest BCUT2D eigenvalue weighted by Crippen LogP contribution is 2.39. The minimum atomic E-state index is -3.74. The van der Waals surface area contributed by atoms with E-state index in [-0.39, 0.29) is 16.1 Å². The van der Waals surface area contributed by atoms with Crippen molar-refractivity contribution in [1.82, 2.24) is 0 Å². The van der Waals surface area contributed by atoms with Gasteiger partial charge < -0.3 is 4.90 Å². The Hall–Kier alpha value is -1.99. The van der Waals surface area contributed by atoms with Gasteiger partial charge in [0.25, 0.3) is 10.0 Å². The molecule has 0 fully saturated rings. The number of thioether (sulfide) groups is 1. The van der Waals surface area contributed by atoms with Crippen molar-refractivity contribution < 1.29 is 13.2 Å². The lowest BCUT2D eigenvalue weighted by atomic mass is 10.0. The predicted octanol–water partition coefficient (Wildman–Crippen LogP) is 4.46. The maximum absolute atomic E-state index is 12.8. The fourth-order valence-electron chi connectivity index (χ4n) is 3.03. The lowest BCUT2D eigenvalue weighted by Gasteiger charge is -2.32. The smallest absolute Gasteiger partial charge is 0.261 e. The van der Waals surface area contributed by atoms with Gasteiger partial charge in [0, 0.05) is 29.3 Å². The van der Waals surface area contributed by atoms with Gasteiger partial charge in [-0.2, -0.15) is 0 Å². The number of fused-ring (bicyclic) bond motifs is 1. The van der Waals surface area contributed by atoms with Gasteiger partial charge in [-0.25, -0.2) is 8.42 Å². The van der Waals surface area contributed by atoms with Crippen LogP contribution in [-0.2, 0) is 14.8 Å². The Kier molecular flexibility index (Phi) is 5.53. The van der Waals surface area contributed by atoms with Crippen LogP contribution < -0.4 is 9.62 Å². The van der Waals surface area contributed by atoms with Gasteiger partial charge in [0.15, 0.2) is 0 Å². The van der Waals surface area contributed by atoms with Crippen LogP contribution in [0.2, 0.25) is 0 Å². The minimum Gasteiger partial charge on any atom is -0.310 e. The topological polar surface area (TPSA) is 66.5 Å². The highest BCUT2D eigenvalue weighted by Gasteiger charge is 2.27. The van der Waals surface area contributed by atoms with Crippen LogP contribution in [0.3, 0.4) is 0 Å². The molecule has 5 nitrogen and oxygen atoms in total. The van der Waals surface area contributed by atoms with E-state index in [4.69, 9.17) is 0 Å². The van der Waals surface area contributed by atoms with Gasteiger partial charge in [0.05, 0.1) is 10.6 Å². The van der Waals surface area contributed by atoms with Crippen molar-refractivity contribution in [3.8, 4) is 0 Å². The molecule has 1 aliphatic rings. The molecule has 0 radical (unpaired) electrons. The third-order valence-corrected chi connectivity index (χ3v) is 7.04. The highest BCUT2D eigenvalue weighted by atomic mass is 32.2.